The maximum Gasteiger partial charge on any atom is 0.223 e. The molecule has 32 heavy (non-hydrogen) atoms. The molecule has 2 aliphatic heterocycles. The van der Waals surface area contributed by atoms with Crippen LogP contribution in [0, 0.1) is 0 Å². The fraction of sp³-hybridized carbons (Fsp3) is 0.480. The van der Waals surface area contributed by atoms with Crippen molar-refractivity contribution < 1.29 is 23.7 Å². The van der Waals surface area contributed by atoms with E-state index in [1.165, 1.54) is 11.1 Å². The molecule has 1 fully saturated rings. The fourth-order valence-electron chi connectivity index (χ4n) is 5.07. The minimum absolute atomic E-state index is 0.229. The van der Waals surface area contributed by atoms with Gasteiger partial charge >= 0.3 is 0 Å². The molecule has 1 atom stereocenters. The average molecular weight is 439 g/mol. The Kier molecular flexibility index (Phi) is 5.72. The normalized spacial score (nSPS) is 19.5. The summed E-state index contributed by atoms with van der Waals surface area (Å²) in [5.41, 5.74) is 3.55. The number of anilines is 1. The quantitative estimate of drug-likeness (QED) is 0.714. The zero-order valence-corrected chi connectivity index (χ0v) is 18.8. The van der Waals surface area contributed by atoms with Gasteiger partial charge < -0.3 is 28.7 Å². The van der Waals surface area contributed by atoms with Crippen molar-refractivity contribution in [3.05, 3.63) is 41.5 Å². The summed E-state index contributed by atoms with van der Waals surface area (Å²) < 4.78 is 22.5. The molecule has 1 unspecified atom stereocenters. The number of ether oxygens (including phenoxy) is 4. The van der Waals surface area contributed by atoms with Crippen molar-refractivity contribution in [1.82, 2.24) is 4.90 Å². The molecule has 170 valence electrons. The highest BCUT2D eigenvalue weighted by atomic mass is 16.6. The zero-order valence-electron chi connectivity index (χ0n) is 18.8. The molecule has 1 saturated heterocycles. The average Bonchev–Trinajstić information content (AvgIpc) is 3.24. The molecular weight excluding hydrogens is 408 g/mol. The van der Waals surface area contributed by atoms with E-state index < -0.39 is 0 Å². The Bertz CT molecular complexity index is 1000. The molecule has 0 aromatic heterocycles. The summed E-state index contributed by atoms with van der Waals surface area (Å²) >= 11 is 0. The van der Waals surface area contributed by atoms with Crippen molar-refractivity contribution in [2.24, 2.45) is 0 Å². The Hall–Kier alpha value is -3.09. The first-order valence-corrected chi connectivity index (χ1v) is 11.3. The Morgan fingerprint density at radius 2 is 1.78 bits per heavy atom. The molecule has 0 radical (unpaired) electrons. The summed E-state index contributed by atoms with van der Waals surface area (Å²) in [7, 11) is 3.31. The highest BCUT2D eigenvalue weighted by Crippen LogP contribution is 2.42. The number of carbonyl (C=O) groups is 1. The summed E-state index contributed by atoms with van der Waals surface area (Å²) in [6, 6.07) is 10.1. The number of carbonyl (C=O) groups excluding carboxylic acids is 1. The Labute approximate surface area is 188 Å². The number of amides is 1. The molecule has 0 bridgehead atoms. The van der Waals surface area contributed by atoms with Gasteiger partial charge in [-0.3, -0.25) is 4.79 Å². The largest absolute Gasteiger partial charge is 0.493 e. The predicted octanol–water partition coefficient (Wildman–Crippen LogP) is 3.24. The van der Waals surface area contributed by atoms with Crippen LogP contribution >= 0.6 is 0 Å². The number of hydrogen-bond donors (Lipinski definition) is 0. The number of piperazine rings is 1. The van der Waals surface area contributed by atoms with Crippen LogP contribution in [0.25, 0.3) is 0 Å². The third-order valence-corrected chi connectivity index (χ3v) is 6.79. The van der Waals surface area contributed by atoms with Gasteiger partial charge in [0.25, 0.3) is 0 Å². The third kappa shape index (κ3) is 3.80. The van der Waals surface area contributed by atoms with Gasteiger partial charge in [0.15, 0.2) is 23.0 Å². The molecule has 2 aromatic rings. The van der Waals surface area contributed by atoms with E-state index in [1.807, 2.05) is 17.0 Å². The number of aryl methyl sites for hydroxylation is 1. The Morgan fingerprint density at radius 1 is 1.03 bits per heavy atom. The van der Waals surface area contributed by atoms with Gasteiger partial charge in [0, 0.05) is 32.6 Å². The molecule has 5 rings (SSSR count). The van der Waals surface area contributed by atoms with Crippen LogP contribution in [0.2, 0.25) is 0 Å². The molecule has 0 N–H and O–H groups in total. The van der Waals surface area contributed by atoms with Gasteiger partial charge in [-0.25, -0.2) is 0 Å². The van der Waals surface area contributed by atoms with E-state index in [4.69, 9.17) is 18.9 Å². The van der Waals surface area contributed by atoms with Crippen molar-refractivity contribution in [2.45, 2.75) is 25.2 Å². The third-order valence-electron chi connectivity index (χ3n) is 6.79. The monoisotopic (exact) mass is 438 g/mol. The molecule has 0 saturated carbocycles. The standard InChI is InChI=1S/C25H30N2O5/c1-29-22-14-17-6-7-18(19(17)16-23(22)30-2)15-24(28)27-10-8-26(9-11-27)20-4-3-5-21-25(20)32-13-12-31-21/h3-5,14,16,18H,6-13,15H2,1-2H3. The maximum atomic E-state index is 13.1. The van der Waals surface area contributed by atoms with Gasteiger partial charge in [-0.15, -0.1) is 0 Å². The van der Waals surface area contributed by atoms with E-state index in [0.29, 0.717) is 19.6 Å². The van der Waals surface area contributed by atoms with Crippen LogP contribution in [0.1, 0.15) is 29.9 Å². The summed E-state index contributed by atoms with van der Waals surface area (Å²) in [4.78, 5) is 17.4. The molecule has 3 aliphatic rings. The first-order valence-electron chi connectivity index (χ1n) is 11.3. The second-order valence-electron chi connectivity index (χ2n) is 8.51. The smallest absolute Gasteiger partial charge is 0.223 e. The first kappa shape index (κ1) is 20.8. The summed E-state index contributed by atoms with van der Waals surface area (Å²) in [5.74, 6) is 3.59. The SMILES string of the molecule is COc1cc2c(cc1OC)C(CC(=O)N1CCN(c3cccc4c3OCCO4)CC1)CC2. The molecule has 7 nitrogen and oxygen atoms in total. The van der Waals surface area contributed by atoms with Gasteiger partial charge in [-0.1, -0.05) is 6.07 Å². The minimum atomic E-state index is 0.229. The number of hydrogen-bond acceptors (Lipinski definition) is 6. The number of nitrogens with zero attached hydrogens (tertiary/aromatic N) is 2. The van der Waals surface area contributed by atoms with Crippen molar-refractivity contribution in [3.8, 4) is 23.0 Å². The lowest BCUT2D eigenvalue weighted by molar-refractivity contribution is -0.131. The van der Waals surface area contributed by atoms with E-state index in [2.05, 4.69) is 23.1 Å². The van der Waals surface area contributed by atoms with E-state index in [1.54, 1.807) is 14.2 Å². The number of methoxy groups -OCH3 is 2. The number of fused-ring (bicyclic) bond motifs is 2. The molecular formula is C25H30N2O5. The molecule has 0 spiro atoms. The van der Waals surface area contributed by atoms with E-state index in [9.17, 15) is 4.79 Å². The first-order chi connectivity index (χ1) is 15.7. The number of rotatable bonds is 5. The number of benzene rings is 2. The van der Waals surface area contributed by atoms with Gasteiger partial charge in [-0.05, 0) is 54.2 Å². The van der Waals surface area contributed by atoms with Crippen molar-refractivity contribution >= 4 is 11.6 Å². The predicted molar refractivity (Wildman–Crippen MR) is 121 cm³/mol. The Balaban J connectivity index is 1.22. The van der Waals surface area contributed by atoms with Crippen molar-refractivity contribution in [2.75, 3.05) is 58.5 Å². The molecule has 7 heteroatoms. The summed E-state index contributed by atoms with van der Waals surface area (Å²) in [5, 5.41) is 0. The van der Waals surface area contributed by atoms with Crippen LogP contribution < -0.4 is 23.8 Å². The second-order valence-corrected chi connectivity index (χ2v) is 8.51. The molecule has 1 amide bonds. The molecule has 2 heterocycles. The summed E-state index contributed by atoms with van der Waals surface area (Å²) in [6.07, 6.45) is 2.51. The topological polar surface area (TPSA) is 60.5 Å². The van der Waals surface area contributed by atoms with E-state index in [0.717, 1.165) is 67.7 Å². The van der Waals surface area contributed by atoms with Crippen LogP contribution in [0.5, 0.6) is 23.0 Å². The van der Waals surface area contributed by atoms with E-state index >= 15 is 0 Å². The van der Waals surface area contributed by atoms with E-state index in [-0.39, 0.29) is 11.8 Å². The molecule has 2 aromatic carbocycles. The summed E-state index contributed by atoms with van der Waals surface area (Å²) in [6.45, 7) is 4.17. The van der Waals surface area contributed by atoms with Gasteiger partial charge in [0.05, 0.1) is 19.9 Å². The highest BCUT2D eigenvalue weighted by molar-refractivity contribution is 5.78. The van der Waals surface area contributed by atoms with Crippen LogP contribution in [0.4, 0.5) is 5.69 Å². The van der Waals surface area contributed by atoms with Crippen LogP contribution in [-0.2, 0) is 11.2 Å². The lowest BCUT2D eigenvalue weighted by Crippen LogP contribution is -2.49. The lowest BCUT2D eigenvalue weighted by atomic mass is 9.96. The maximum absolute atomic E-state index is 13.1. The zero-order chi connectivity index (χ0) is 22.1. The van der Waals surface area contributed by atoms with Gasteiger partial charge in [0.2, 0.25) is 5.91 Å². The van der Waals surface area contributed by atoms with Gasteiger partial charge in [-0.2, -0.15) is 0 Å². The van der Waals surface area contributed by atoms with Crippen molar-refractivity contribution in [3.63, 3.8) is 0 Å². The highest BCUT2D eigenvalue weighted by Gasteiger charge is 2.30. The lowest BCUT2D eigenvalue weighted by Gasteiger charge is -2.37. The number of para-hydroxylation sites is 1. The van der Waals surface area contributed by atoms with Crippen LogP contribution in [-0.4, -0.2) is 64.4 Å². The van der Waals surface area contributed by atoms with Gasteiger partial charge in [0.1, 0.15) is 13.2 Å². The second kappa shape index (κ2) is 8.81. The van der Waals surface area contributed by atoms with Crippen LogP contribution in [0.15, 0.2) is 30.3 Å². The molecule has 1 aliphatic carbocycles. The van der Waals surface area contributed by atoms with Crippen molar-refractivity contribution in [1.29, 1.82) is 0 Å². The minimum Gasteiger partial charge on any atom is -0.493 e. The fourth-order valence-corrected chi connectivity index (χ4v) is 5.07. The Morgan fingerprint density at radius 3 is 2.56 bits per heavy atom. The van der Waals surface area contributed by atoms with Crippen LogP contribution in [0.3, 0.4) is 0 Å².